The van der Waals surface area contributed by atoms with Gasteiger partial charge in [0.1, 0.15) is 0 Å². The van der Waals surface area contributed by atoms with Crippen molar-refractivity contribution >= 4 is 23.4 Å². The SMILES string of the molecule is CSCC(O)c1ccc2c(c1)CC(=O)N2C. The Morgan fingerprint density at radius 2 is 2.31 bits per heavy atom. The van der Waals surface area contributed by atoms with Gasteiger partial charge in [0.2, 0.25) is 5.91 Å². The number of fused-ring (bicyclic) bond motifs is 1. The maximum atomic E-state index is 11.5. The number of nitrogens with zero attached hydrogens (tertiary/aromatic N) is 1. The maximum absolute atomic E-state index is 11.5. The molecule has 0 aliphatic carbocycles. The van der Waals surface area contributed by atoms with E-state index in [1.165, 1.54) is 0 Å². The summed E-state index contributed by atoms with van der Waals surface area (Å²) < 4.78 is 0. The third-order valence-corrected chi connectivity index (χ3v) is 3.54. The minimum Gasteiger partial charge on any atom is -0.388 e. The van der Waals surface area contributed by atoms with Gasteiger partial charge in [-0.2, -0.15) is 11.8 Å². The number of likely N-dealkylation sites (N-methyl/N-ethyl adjacent to an activating group) is 1. The van der Waals surface area contributed by atoms with E-state index in [1.807, 2.05) is 24.5 Å². The number of thioether (sulfide) groups is 1. The highest BCUT2D eigenvalue weighted by Crippen LogP contribution is 2.30. The van der Waals surface area contributed by atoms with Crippen LogP contribution in [0.2, 0.25) is 0 Å². The van der Waals surface area contributed by atoms with Crippen LogP contribution in [-0.4, -0.2) is 30.1 Å². The molecule has 86 valence electrons. The van der Waals surface area contributed by atoms with E-state index in [0.717, 1.165) is 16.8 Å². The predicted molar refractivity (Wildman–Crippen MR) is 66.9 cm³/mol. The summed E-state index contributed by atoms with van der Waals surface area (Å²) in [6, 6.07) is 5.76. The molecule has 1 amide bonds. The van der Waals surface area contributed by atoms with Gasteiger partial charge < -0.3 is 10.0 Å². The number of carbonyl (C=O) groups excluding carboxylic acids is 1. The van der Waals surface area contributed by atoms with Crippen molar-refractivity contribution in [1.29, 1.82) is 0 Å². The second-order valence-electron chi connectivity index (χ2n) is 3.99. The number of anilines is 1. The van der Waals surface area contributed by atoms with E-state index >= 15 is 0 Å². The first kappa shape index (κ1) is 11.5. The first-order chi connectivity index (χ1) is 7.63. The van der Waals surface area contributed by atoms with E-state index in [2.05, 4.69) is 0 Å². The molecule has 2 rings (SSSR count). The summed E-state index contributed by atoms with van der Waals surface area (Å²) >= 11 is 1.61. The van der Waals surface area contributed by atoms with Crippen LogP contribution in [0.4, 0.5) is 5.69 Å². The lowest BCUT2D eigenvalue weighted by molar-refractivity contribution is -0.117. The second-order valence-corrected chi connectivity index (χ2v) is 4.90. The fraction of sp³-hybridized carbons (Fsp3) is 0.417. The predicted octanol–water partition coefficient (Wildman–Crippen LogP) is 1.60. The Hall–Kier alpha value is -1.00. The van der Waals surface area contributed by atoms with E-state index in [9.17, 15) is 9.90 Å². The molecule has 0 radical (unpaired) electrons. The van der Waals surface area contributed by atoms with Crippen LogP contribution in [0.5, 0.6) is 0 Å². The van der Waals surface area contributed by atoms with Crippen LogP contribution in [0.15, 0.2) is 18.2 Å². The lowest BCUT2D eigenvalue weighted by Crippen LogP contribution is -2.20. The zero-order valence-corrected chi connectivity index (χ0v) is 10.3. The number of carbonyl (C=O) groups is 1. The number of aliphatic hydroxyl groups excluding tert-OH is 1. The summed E-state index contributed by atoms with van der Waals surface area (Å²) in [4.78, 5) is 13.2. The molecule has 1 aromatic rings. The van der Waals surface area contributed by atoms with Gasteiger partial charge >= 0.3 is 0 Å². The second kappa shape index (κ2) is 4.47. The van der Waals surface area contributed by atoms with Gasteiger partial charge in [-0.3, -0.25) is 4.79 Å². The number of hydrogen-bond acceptors (Lipinski definition) is 3. The van der Waals surface area contributed by atoms with Crippen LogP contribution < -0.4 is 4.90 Å². The smallest absolute Gasteiger partial charge is 0.231 e. The van der Waals surface area contributed by atoms with Gasteiger partial charge in [-0.05, 0) is 23.4 Å². The van der Waals surface area contributed by atoms with Crippen molar-refractivity contribution in [2.75, 3.05) is 24.0 Å². The van der Waals surface area contributed by atoms with Crippen molar-refractivity contribution in [1.82, 2.24) is 0 Å². The van der Waals surface area contributed by atoms with Crippen molar-refractivity contribution in [3.05, 3.63) is 29.3 Å². The molecule has 1 aromatic carbocycles. The summed E-state index contributed by atoms with van der Waals surface area (Å²) in [5.74, 6) is 0.800. The molecule has 0 saturated heterocycles. The van der Waals surface area contributed by atoms with Gasteiger partial charge in [-0.25, -0.2) is 0 Å². The molecule has 1 heterocycles. The Balaban J connectivity index is 2.28. The molecule has 1 aliphatic rings. The molecule has 0 fully saturated rings. The van der Waals surface area contributed by atoms with E-state index in [4.69, 9.17) is 0 Å². The molecule has 1 unspecified atom stereocenters. The van der Waals surface area contributed by atoms with Gasteiger partial charge in [-0.15, -0.1) is 0 Å². The van der Waals surface area contributed by atoms with Crippen molar-refractivity contribution < 1.29 is 9.90 Å². The standard InChI is InChI=1S/C12H15NO2S/c1-13-10-4-3-8(11(14)7-16-2)5-9(10)6-12(13)15/h3-5,11,14H,6-7H2,1-2H3. The normalized spacial score (nSPS) is 16.4. The summed E-state index contributed by atoms with van der Waals surface area (Å²) in [6.45, 7) is 0. The average molecular weight is 237 g/mol. The van der Waals surface area contributed by atoms with E-state index in [-0.39, 0.29) is 5.91 Å². The van der Waals surface area contributed by atoms with Gasteiger partial charge in [-0.1, -0.05) is 12.1 Å². The Labute approximate surface area is 99.5 Å². The van der Waals surface area contributed by atoms with Crippen LogP contribution >= 0.6 is 11.8 Å². The zero-order valence-electron chi connectivity index (χ0n) is 9.43. The number of amides is 1. The monoisotopic (exact) mass is 237 g/mol. The minimum atomic E-state index is -0.443. The fourth-order valence-electron chi connectivity index (χ4n) is 1.95. The molecule has 1 aliphatic heterocycles. The minimum absolute atomic E-state index is 0.117. The number of rotatable bonds is 3. The van der Waals surface area contributed by atoms with Crippen molar-refractivity contribution in [2.24, 2.45) is 0 Å². The fourth-order valence-corrected chi connectivity index (χ4v) is 2.46. The van der Waals surface area contributed by atoms with Gasteiger partial charge in [0, 0.05) is 18.5 Å². The Morgan fingerprint density at radius 1 is 1.56 bits per heavy atom. The molecule has 0 bridgehead atoms. The van der Waals surface area contributed by atoms with Crippen LogP contribution in [0, 0.1) is 0 Å². The largest absolute Gasteiger partial charge is 0.388 e. The molecule has 4 heteroatoms. The van der Waals surface area contributed by atoms with Crippen LogP contribution in [0.25, 0.3) is 0 Å². The Bertz CT molecular complexity index is 419. The average Bonchev–Trinajstić information content (AvgIpc) is 2.55. The van der Waals surface area contributed by atoms with Crippen LogP contribution in [0.1, 0.15) is 17.2 Å². The molecule has 0 spiro atoms. The van der Waals surface area contributed by atoms with E-state index in [1.54, 1.807) is 23.7 Å². The van der Waals surface area contributed by atoms with Gasteiger partial charge in [0.25, 0.3) is 0 Å². The highest BCUT2D eigenvalue weighted by atomic mass is 32.2. The summed E-state index contributed by atoms with van der Waals surface area (Å²) in [5.41, 5.74) is 2.88. The lowest BCUT2D eigenvalue weighted by atomic mass is 10.1. The van der Waals surface area contributed by atoms with Crippen molar-refractivity contribution in [2.45, 2.75) is 12.5 Å². The highest BCUT2D eigenvalue weighted by molar-refractivity contribution is 7.98. The molecule has 16 heavy (non-hydrogen) atoms. The van der Waals surface area contributed by atoms with Gasteiger partial charge in [0.15, 0.2) is 0 Å². The van der Waals surface area contributed by atoms with E-state index in [0.29, 0.717) is 12.2 Å². The molecular formula is C12H15NO2S. The van der Waals surface area contributed by atoms with Gasteiger partial charge in [0.05, 0.1) is 12.5 Å². The van der Waals surface area contributed by atoms with Crippen molar-refractivity contribution in [3.8, 4) is 0 Å². The van der Waals surface area contributed by atoms with Crippen LogP contribution in [-0.2, 0) is 11.2 Å². The zero-order chi connectivity index (χ0) is 11.7. The molecule has 1 atom stereocenters. The number of benzene rings is 1. The summed E-state index contributed by atoms with van der Waals surface area (Å²) in [5, 5.41) is 9.86. The first-order valence-corrected chi connectivity index (χ1v) is 6.59. The third-order valence-electron chi connectivity index (χ3n) is 2.89. The maximum Gasteiger partial charge on any atom is 0.231 e. The molecule has 1 N–H and O–H groups in total. The highest BCUT2D eigenvalue weighted by Gasteiger charge is 2.24. The third kappa shape index (κ3) is 1.95. The lowest BCUT2D eigenvalue weighted by Gasteiger charge is -2.13. The first-order valence-electron chi connectivity index (χ1n) is 5.20. The van der Waals surface area contributed by atoms with E-state index < -0.39 is 6.10 Å². The van der Waals surface area contributed by atoms with Crippen molar-refractivity contribution in [3.63, 3.8) is 0 Å². The topological polar surface area (TPSA) is 40.5 Å². The Kier molecular flexibility index (Phi) is 3.21. The molecule has 3 nitrogen and oxygen atoms in total. The summed E-state index contributed by atoms with van der Waals surface area (Å²) in [7, 11) is 1.78. The Morgan fingerprint density at radius 3 is 3.00 bits per heavy atom. The van der Waals surface area contributed by atoms with Crippen LogP contribution in [0.3, 0.4) is 0 Å². The molecule has 0 aromatic heterocycles. The summed E-state index contributed by atoms with van der Waals surface area (Å²) in [6.07, 6.45) is 1.97. The molecular weight excluding hydrogens is 222 g/mol. The number of hydrogen-bond donors (Lipinski definition) is 1. The quantitative estimate of drug-likeness (QED) is 0.868. The number of aliphatic hydroxyl groups is 1. The molecule has 0 saturated carbocycles.